The van der Waals surface area contributed by atoms with Gasteiger partial charge in [0.15, 0.2) is 5.78 Å². The zero-order valence-electron chi connectivity index (χ0n) is 8.47. The van der Waals surface area contributed by atoms with E-state index in [1.165, 1.54) is 6.92 Å². The van der Waals surface area contributed by atoms with Gasteiger partial charge >= 0.3 is 5.97 Å². The van der Waals surface area contributed by atoms with Crippen LogP contribution in [0.25, 0.3) is 0 Å². The van der Waals surface area contributed by atoms with Crippen LogP contribution in [0.3, 0.4) is 0 Å². The van der Waals surface area contributed by atoms with E-state index in [0.29, 0.717) is 5.56 Å². The number of carbonyl (C=O) groups is 2. The Labute approximate surface area is 88.0 Å². The Hall–Kier alpha value is -1.68. The Bertz CT molecular complexity index is 348. The number of esters is 1. The Morgan fingerprint density at radius 3 is 2.47 bits per heavy atom. The first kappa shape index (κ1) is 11.4. The summed E-state index contributed by atoms with van der Waals surface area (Å²) in [6, 6.07) is 7.88. The molecule has 1 aromatic carbocycles. The fourth-order valence-electron chi connectivity index (χ4n) is 1.10. The van der Waals surface area contributed by atoms with Crippen LogP contribution in [0.2, 0.25) is 0 Å². The third kappa shape index (κ3) is 3.52. The summed E-state index contributed by atoms with van der Waals surface area (Å²) in [5, 5.41) is 0. The molecule has 2 N–H and O–H groups in total. The van der Waals surface area contributed by atoms with Gasteiger partial charge in [-0.05, 0) is 0 Å². The van der Waals surface area contributed by atoms with Crippen LogP contribution in [0.15, 0.2) is 30.3 Å². The summed E-state index contributed by atoms with van der Waals surface area (Å²) in [4.78, 5) is 22.2. The van der Waals surface area contributed by atoms with Crippen LogP contribution >= 0.6 is 0 Å². The van der Waals surface area contributed by atoms with Crippen LogP contribution in [0.4, 0.5) is 0 Å². The van der Waals surface area contributed by atoms with Gasteiger partial charge in [0.1, 0.15) is 12.6 Å². The second kappa shape index (κ2) is 5.26. The number of ketones is 1. The topological polar surface area (TPSA) is 69.4 Å². The van der Waals surface area contributed by atoms with E-state index in [4.69, 9.17) is 5.73 Å². The smallest absolute Gasteiger partial charge is 0.302 e. The minimum atomic E-state index is -0.795. The number of nitrogens with two attached hydrogens (primary N) is 1. The third-order valence-electron chi connectivity index (χ3n) is 1.86. The minimum absolute atomic E-state index is 0.0803. The molecule has 1 aromatic rings. The summed E-state index contributed by atoms with van der Waals surface area (Å²) in [6.45, 7) is 1.20. The van der Waals surface area contributed by atoms with E-state index < -0.39 is 12.0 Å². The van der Waals surface area contributed by atoms with Gasteiger partial charge in [-0.25, -0.2) is 0 Å². The highest BCUT2D eigenvalue weighted by Gasteiger charge is 2.16. The summed E-state index contributed by atoms with van der Waals surface area (Å²) in [7, 11) is 0. The predicted molar refractivity (Wildman–Crippen MR) is 55.4 cm³/mol. The molecule has 0 saturated carbocycles. The van der Waals surface area contributed by atoms with Crippen molar-refractivity contribution < 1.29 is 14.3 Å². The van der Waals surface area contributed by atoms with Gasteiger partial charge < -0.3 is 10.5 Å². The SMILES string of the molecule is CC(=O)OCC(N)C(=O)c1ccccc1. The van der Waals surface area contributed by atoms with E-state index in [1.807, 2.05) is 6.07 Å². The maximum atomic E-state index is 11.6. The molecule has 0 aliphatic rings. The average molecular weight is 207 g/mol. The van der Waals surface area contributed by atoms with E-state index in [-0.39, 0.29) is 12.4 Å². The summed E-state index contributed by atoms with van der Waals surface area (Å²) in [5.74, 6) is -0.664. The standard InChI is InChI=1S/C11H13NO3/c1-8(13)15-7-10(12)11(14)9-5-3-2-4-6-9/h2-6,10H,7,12H2,1H3. The molecule has 0 heterocycles. The quantitative estimate of drug-likeness (QED) is 0.584. The second-order valence-electron chi connectivity index (χ2n) is 3.14. The van der Waals surface area contributed by atoms with Crippen LogP contribution in [0.1, 0.15) is 17.3 Å². The summed E-state index contributed by atoms with van der Waals surface area (Å²) in [6.07, 6.45) is 0. The van der Waals surface area contributed by atoms with Crippen LogP contribution in [-0.2, 0) is 9.53 Å². The van der Waals surface area contributed by atoms with Crippen LogP contribution in [0.5, 0.6) is 0 Å². The molecule has 1 rings (SSSR count). The molecule has 0 bridgehead atoms. The number of rotatable bonds is 4. The largest absolute Gasteiger partial charge is 0.464 e. The van der Waals surface area contributed by atoms with E-state index in [9.17, 15) is 9.59 Å². The van der Waals surface area contributed by atoms with Crippen molar-refractivity contribution >= 4 is 11.8 Å². The van der Waals surface area contributed by atoms with E-state index >= 15 is 0 Å². The Kier molecular flexibility index (Phi) is 4.00. The summed E-state index contributed by atoms with van der Waals surface area (Å²) >= 11 is 0. The van der Waals surface area contributed by atoms with Crippen molar-refractivity contribution in [1.29, 1.82) is 0 Å². The lowest BCUT2D eigenvalue weighted by atomic mass is 10.1. The van der Waals surface area contributed by atoms with Gasteiger partial charge in [0.25, 0.3) is 0 Å². The van der Waals surface area contributed by atoms with Crippen LogP contribution in [0, 0.1) is 0 Å². The van der Waals surface area contributed by atoms with E-state index in [2.05, 4.69) is 4.74 Å². The molecular weight excluding hydrogens is 194 g/mol. The fraction of sp³-hybridized carbons (Fsp3) is 0.273. The lowest BCUT2D eigenvalue weighted by Gasteiger charge is -2.09. The highest BCUT2D eigenvalue weighted by atomic mass is 16.5. The molecule has 0 amide bonds. The molecule has 0 spiro atoms. The highest BCUT2D eigenvalue weighted by molar-refractivity contribution is 6.00. The van der Waals surface area contributed by atoms with Crippen molar-refractivity contribution in [1.82, 2.24) is 0 Å². The molecular formula is C11H13NO3. The van der Waals surface area contributed by atoms with Crippen LogP contribution < -0.4 is 5.73 Å². The molecule has 4 nitrogen and oxygen atoms in total. The van der Waals surface area contributed by atoms with Gasteiger partial charge in [-0.3, -0.25) is 9.59 Å². The van der Waals surface area contributed by atoms with Crippen molar-refractivity contribution in [3.8, 4) is 0 Å². The Morgan fingerprint density at radius 2 is 1.93 bits per heavy atom. The van der Waals surface area contributed by atoms with Gasteiger partial charge in [0.2, 0.25) is 0 Å². The monoisotopic (exact) mass is 207 g/mol. The molecule has 0 fully saturated rings. The van der Waals surface area contributed by atoms with Crippen molar-refractivity contribution in [2.24, 2.45) is 5.73 Å². The molecule has 0 radical (unpaired) electrons. The highest BCUT2D eigenvalue weighted by Crippen LogP contribution is 2.02. The van der Waals surface area contributed by atoms with Crippen molar-refractivity contribution in [2.45, 2.75) is 13.0 Å². The lowest BCUT2D eigenvalue weighted by molar-refractivity contribution is -0.141. The minimum Gasteiger partial charge on any atom is -0.464 e. The van der Waals surface area contributed by atoms with Crippen LogP contribution in [-0.4, -0.2) is 24.4 Å². The predicted octanol–water partition coefficient (Wildman–Crippen LogP) is 0.760. The number of ether oxygens (including phenoxy) is 1. The van der Waals surface area contributed by atoms with Crippen molar-refractivity contribution in [3.05, 3.63) is 35.9 Å². The van der Waals surface area contributed by atoms with Gasteiger partial charge in [-0.2, -0.15) is 0 Å². The first-order valence-corrected chi connectivity index (χ1v) is 4.59. The first-order chi connectivity index (χ1) is 7.11. The second-order valence-corrected chi connectivity index (χ2v) is 3.14. The molecule has 0 aliphatic heterocycles. The van der Waals surface area contributed by atoms with Gasteiger partial charge in [-0.15, -0.1) is 0 Å². The molecule has 0 saturated heterocycles. The summed E-state index contributed by atoms with van der Waals surface area (Å²) in [5.41, 5.74) is 6.10. The normalized spacial score (nSPS) is 11.9. The number of hydrogen-bond acceptors (Lipinski definition) is 4. The molecule has 15 heavy (non-hydrogen) atoms. The zero-order valence-corrected chi connectivity index (χ0v) is 8.47. The third-order valence-corrected chi connectivity index (χ3v) is 1.86. The first-order valence-electron chi connectivity index (χ1n) is 4.59. The molecule has 1 unspecified atom stereocenters. The van der Waals surface area contributed by atoms with Crippen molar-refractivity contribution in [3.63, 3.8) is 0 Å². The lowest BCUT2D eigenvalue weighted by Crippen LogP contribution is -2.35. The Morgan fingerprint density at radius 1 is 1.33 bits per heavy atom. The maximum Gasteiger partial charge on any atom is 0.302 e. The molecule has 0 aromatic heterocycles. The van der Waals surface area contributed by atoms with Gasteiger partial charge in [0, 0.05) is 12.5 Å². The van der Waals surface area contributed by atoms with Gasteiger partial charge in [-0.1, -0.05) is 30.3 Å². The molecule has 4 heteroatoms. The fourth-order valence-corrected chi connectivity index (χ4v) is 1.10. The number of carbonyl (C=O) groups excluding carboxylic acids is 2. The van der Waals surface area contributed by atoms with E-state index in [1.54, 1.807) is 24.3 Å². The molecule has 80 valence electrons. The summed E-state index contributed by atoms with van der Waals surface area (Å²) < 4.78 is 4.66. The number of Topliss-reactive ketones (excluding diaryl/α,β-unsaturated/α-hetero) is 1. The van der Waals surface area contributed by atoms with Gasteiger partial charge in [0.05, 0.1) is 0 Å². The average Bonchev–Trinajstić information content (AvgIpc) is 2.26. The molecule has 1 atom stereocenters. The number of benzene rings is 1. The van der Waals surface area contributed by atoms with Crippen molar-refractivity contribution in [2.75, 3.05) is 6.61 Å². The Balaban J connectivity index is 2.57. The van der Waals surface area contributed by atoms with E-state index in [0.717, 1.165) is 0 Å². The maximum absolute atomic E-state index is 11.6. The molecule has 0 aliphatic carbocycles. The zero-order chi connectivity index (χ0) is 11.3. The number of hydrogen-bond donors (Lipinski definition) is 1.